The highest BCUT2D eigenvalue weighted by atomic mass is 16.3. The summed E-state index contributed by atoms with van der Waals surface area (Å²) < 4.78 is 108. The first-order chi connectivity index (χ1) is 26.3. The molecule has 0 saturated carbocycles. The second-order valence-corrected chi connectivity index (χ2v) is 10.4. The Kier molecular flexibility index (Phi) is 3.29. The minimum atomic E-state index is -0.508. The predicted molar refractivity (Wildman–Crippen MR) is 183 cm³/mol. The van der Waals surface area contributed by atoms with Crippen molar-refractivity contribution in [1.29, 1.82) is 0 Å². The standard InChI is InChI=1S/C42H26O/c1-2-11-27(12-3-1)29-21-23-32-38-25-30(22-24-39(38)43-40(32)26-29)41-34-16-6-8-18-36(34)42(37-19-9-7-17-35(37)41)33-20-10-14-28-13-4-5-15-31(28)33/h1-26H/i1D,2D,3D,4D,5D,10D,11D,12D,13D,14D,15D,20D. The van der Waals surface area contributed by atoms with Crippen LogP contribution in [0.3, 0.4) is 0 Å². The zero-order valence-electron chi connectivity index (χ0n) is 34.5. The van der Waals surface area contributed by atoms with E-state index in [1.807, 2.05) is 72.8 Å². The number of rotatable bonds is 3. The van der Waals surface area contributed by atoms with E-state index in [0.29, 0.717) is 33.1 Å². The molecule has 1 heteroatoms. The minimum absolute atomic E-state index is 0.0225. The summed E-state index contributed by atoms with van der Waals surface area (Å²) in [7, 11) is 0. The molecule has 0 amide bonds. The topological polar surface area (TPSA) is 13.1 Å². The predicted octanol–water partition coefficient (Wildman–Crippen LogP) is 12.0. The van der Waals surface area contributed by atoms with Crippen LogP contribution in [0, 0.1) is 0 Å². The van der Waals surface area contributed by atoms with E-state index in [2.05, 4.69) is 0 Å². The van der Waals surface area contributed by atoms with Gasteiger partial charge in [0.25, 0.3) is 0 Å². The smallest absolute Gasteiger partial charge is 0.136 e. The molecule has 0 radical (unpaired) electrons. The monoisotopic (exact) mass is 558 g/mol. The highest BCUT2D eigenvalue weighted by Crippen LogP contribution is 2.46. The van der Waals surface area contributed by atoms with E-state index < -0.39 is 48.3 Å². The molecule has 9 rings (SSSR count). The molecule has 200 valence electrons. The third kappa shape index (κ3) is 3.72. The van der Waals surface area contributed by atoms with Crippen molar-refractivity contribution in [3.05, 3.63) is 157 Å². The van der Waals surface area contributed by atoms with Gasteiger partial charge in [-0.1, -0.05) is 133 Å². The van der Waals surface area contributed by atoms with Crippen LogP contribution >= 0.6 is 0 Å². The van der Waals surface area contributed by atoms with Crippen LogP contribution in [0.1, 0.15) is 16.4 Å². The van der Waals surface area contributed by atoms with Gasteiger partial charge in [0, 0.05) is 10.8 Å². The number of benzene rings is 8. The van der Waals surface area contributed by atoms with Crippen molar-refractivity contribution in [1.82, 2.24) is 0 Å². The highest BCUT2D eigenvalue weighted by molar-refractivity contribution is 6.24. The SMILES string of the molecule is [2H]c1c([2H])c([2H])c(-c2ccc3c(c2)oc2ccc(-c4c5ccccc5c(-c5c([2H])c([2H])c([2H])c6c([2H])c([2H])c([2H])c([2H])c56)c5ccccc45)cc23)c([2H])c1[2H]. The Balaban J connectivity index is 1.33. The normalized spacial score (nSPS) is 15.6. The van der Waals surface area contributed by atoms with E-state index in [9.17, 15) is 0 Å². The molecule has 0 aliphatic rings. The zero-order valence-corrected chi connectivity index (χ0v) is 22.5. The molecule has 0 atom stereocenters. The Bertz CT molecular complexity index is 3090. The summed E-state index contributed by atoms with van der Waals surface area (Å²) in [5, 5.41) is 4.43. The van der Waals surface area contributed by atoms with Gasteiger partial charge in [0.15, 0.2) is 0 Å². The maximum atomic E-state index is 9.17. The lowest BCUT2D eigenvalue weighted by Gasteiger charge is -2.18. The lowest BCUT2D eigenvalue weighted by Crippen LogP contribution is -1.91. The Morgan fingerprint density at radius 3 is 1.81 bits per heavy atom. The van der Waals surface area contributed by atoms with E-state index >= 15 is 0 Å². The molecule has 43 heavy (non-hydrogen) atoms. The number of furan rings is 1. The molecule has 0 aliphatic carbocycles. The van der Waals surface area contributed by atoms with Crippen LogP contribution in [0.2, 0.25) is 0 Å². The average Bonchev–Trinajstić information content (AvgIpc) is 3.56. The molecule has 0 aliphatic heterocycles. The second-order valence-electron chi connectivity index (χ2n) is 10.4. The van der Waals surface area contributed by atoms with Crippen LogP contribution in [0.5, 0.6) is 0 Å². The van der Waals surface area contributed by atoms with Crippen LogP contribution in [0.4, 0.5) is 0 Å². The van der Waals surface area contributed by atoms with Gasteiger partial charge in [-0.25, -0.2) is 0 Å². The Morgan fingerprint density at radius 2 is 1.05 bits per heavy atom. The quantitative estimate of drug-likeness (QED) is 0.197. The first kappa shape index (κ1) is 15.0. The molecule has 0 spiro atoms. The molecule has 8 aromatic carbocycles. The van der Waals surface area contributed by atoms with Crippen LogP contribution in [-0.4, -0.2) is 0 Å². The van der Waals surface area contributed by atoms with Gasteiger partial charge in [0.05, 0.1) is 16.4 Å². The Hall–Kier alpha value is -5.66. The summed E-state index contributed by atoms with van der Waals surface area (Å²) in [4.78, 5) is 0. The van der Waals surface area contributed by atoms with Crippen molar-refractivity contribution in [2.75, 3.05) is 0 Å². The van der Waals surface area contributed by atoms with E-state index in [1.165, 1.54) is 0 Å². The van der Waals surface area contributed by atoms with Gasteiger partial charge in [-0.15, -0.1) is 0 Å². The zero-order chi connectivity index (χ0) is 38.8. The van der Waals surface area contributed by atoms with E-state index in [1.54, 1.807) is 12.1 Å². The summed E-state index contributed by atoms with van der Waals surface area (Å²) in [6, 6.07) is 21.3. The first-order valence-electron chi connectivity index (χ1n) is 19.8. The van der Waals surface area contributed by atoms with Crippen LogP contribution in [-0.2, 0) is 0 Å². The van der Waals surface area contributed by atoms with Crippen LogP contribution in [0.25, 0.3) is 87.6 Å². The van der Waals surface area contributed by atoms with Gasteiger partial charge in [0.1, 0.15) is 11.2 Å². The first-order valence-corrected chi connectivity index (χ1v) is 13.8. The maximum absolute atomic E-state index is 9.17. The van der Waals surface area contributed by atoms with Crippen molar-refractivity contribution < 1.29 is 20.9 Å². The number of hydrogen-bond donors (Lipinski definition) is 0. The van der Waals surface area contributed by atoms with Crippen molar-refractivity contribution >= 4 is 54.3 Å². The minimum Gasteiger partial charge on any atom is -0.456 e. The fourth-order valence-corrected chi connectivity index (χ4v) is 6.19. The summed E-state index contributed by atoms with van der Waals surface area (Å²) >= 11 is 0. The molecular formula is C42H26O. The van der Waals surface area contributed by atoms with Crippen molar-refractivity contribution in [3.8, 4) is 33.4 Å². The fourth-order valence-electron chi connectivity index (χ4n) is 6.19. The molecule has 1 aromatic heterocycles. The van der Waals surface area contributed by atoms with E-state index in [-0.39, 0.29) is 46.1 Å². The molecule has 9 aromatic rings. The van der Waals surface area contributed by atoms with Gasteiger partial charge in [-0.05, 0) is 90.0 Å². The van der Waals surface area contributed by atoms with Crippen molar-refractivity contribution in [2.24, 2.45) is 0 Å². The highest BCUT2D eigenvalue weighted by Gasteiger charge is 2.19. The Labute approximate surface area is 266 Å². The van der Waals surface area contributed by atoms with Crippen LogP contribution in [0.15, 0.2) is 162 Å². The fraction of sp³-hybridized carbons (Fsp3) is 0. The van der Waals surface area contributed by atoms with Gasteiger partial charge in [-0.2, -0.15) is 0 Å². The second kappa shape index (κ2) is 9.44. The van der Waals surface area contributed by atoms with Gasteiger partial charge in [-0.3, -0.25) is 0 Å². The molecule has 0 fully saturated rings. The molecular weight excluding hydrogens is 520 g/mol. The molecule has 0 unspecified atom stereocenters. The van der Waals surface area contributed by atoms with Gasteiger partial charge < -0.3 is 4.42 Å². The molecule has 0 N–H and O–H groups in total. The molecule has 0 bridgehead atoms. The summed E-state index contributed by atoms with van der Waals surface area (Å²) in [5.41, 5.74) is 3.96. The van der Waals surface area contributed by atoms with Crippen LogP contribution < -0.4 is 0 Å². The summed E-state index contributed by atoms with van der Waals surface area (Å²) in [6.45, 7) is 0. The Morgan fingerprint density at radius 1 is 0.395 bits per heavy atom. The third-order valence-electron chi connectivity index (χ3n) is 8.04. The van der Waals surface area contributed by atoms with Gasteiger partial charge >= 0.3 is 0 Å². The number of hydrogen-bond acceptors (Lipinski definition) is 1. The number of fused-ring (bicyclic) bond motifs is 6. The van der Waals surface area contributed by atoms with E-state index in [4.69, 9.17) is 20.9 Å². The maximum Gasteiger partial charge on any atom is 0.136 e. The van der Waals surface area contributed by atoms with Gasteiger partial charge in [0.2, 0.25) is 0 Å². The van der Waals surface area contributed by atoms with Crippen molar-refractivity contribution in [3.63, 3.8) is 0 Å². The third-order valence-corrected chi connectivity index (χ3v) is 8.04. The molecule has 1 nitrogen and oxygen atoms in total. The summed E-state index contributed by atoms with van der Waals surface area (Å²) in [5.74, 6) is 0. The largest absolute Gasteiger partial charge is 0.456 e. The lowest BCUT2D eigenvalue weighted by atomic mass is 9.84. The summed E-state index contributed by atoms with van der Waals surface area (Å²) in [6.07, 6.45) is 0. The molecule has 0 saturated heterocycles. The molecule has 1 heterocycles. The van der Waals surface area contributed by atoms with E-state index in [0.717, 1.165) is 32.7 Å². The lowest BCUT2D eigenvalue weighted by molar-refractivity contribution is 0.669. The average molecular weight is 559 g/mol. The van der Waals surface area contributed by atoms with Crippen molar-refractivity contribution in [2.45, 2.75) is 0 Å².